The van der Waals surface area contributed by atoms with Gasteiger partial charge in [0.1, 0.15) is 11.6 Å². The molecule has 8 heteroatoms. The van der Waals surface area contributed by atoms with Crippen LogP contribution in [-0.4, -0.2) is 47.5 Å². The van der Waals surface area contributed by atoms with Crippen LogP contribution in [0.5, 0.6) is 0 Å². The fourth-order valence-corrected chi connectivity index (χ4v) is 5.66. The van der Waals surface area contributed by atoms with Gasteiger partial charge in [0.25, 0.3) is 5.91 Å². The van der Waals surface area contributed by atoms with Crippen molar-refractivity contribution in [3.05, 3.63) is 46.0 Å². The maximum atomic E-state index is 14.0. The lowest BCUT2D eigenvalue weighted by atomic mass is 10.1. The Morgan fingerprint density at radius 3 is 2.74 bits per heavy atom. The highest BCUT2D eigenvalue weighted by molar-refractivity contribution is 7.15. The minimum atomic E-state index is -0.812. The molecule has 2 aromatic rings. The Balaban J connectivity index is 1.37. The van der Waals surface area contributed by atoms with Crippen molar-refractivity contribution >= 4 is 22.4 Å². The first-order valence-corrected chi connectivity index (χ1v) is 10.1. The van der Waals surface area contributed by atoms with Crippen molar-refractivity contribution in [3.8, 4) is 0 Å². The van der Waals surface area contributed by atoms with Crippen LogP contribution in [-0.2, 0) is 13.0 Å². The molecule has 3 aliphatic heterocycles. The molecule has 0 saturated carbocycles. The van der Waals surface area contributed by atoms with Gasteiger partial charge in [-0.05, 0) is 25.0 Å². The Bertz CT molecular complexity index is 886. The Hall–Kier alpha value is -2.06. The molecule has 5 rings (SSSR count). The fourth-order valence-electron chi connectivity index (χ4n) is 4.39. The van der Waals surface area contributed by atoms with Gasteiger partial charge in [-0.2, -0.15) is 0 Å². The SMILES string of the molecule is O=C(c1ccc(F)cc1F)N1CCc2nc(N3C4CCC3CNC4)sc2C1. The van der Waals surface area contributed by atoms with Crippen molar-refractivity contribution < 1.29 is 13.6 Å². The lowest BCUT2D eigenvalue weighted by Gasteiger charge is -2.35. The Morgan fingerprint density at radius 2 is 2.00 bits per heavy atom. The maximum Gasteiger partial charge on any atom is 0.257 e. The van der Waals surface area contributed by atoms with Crippen LogP contribution in [0, 0.1) is 11.6 Å². The van der Waals surface area contributed by atoms with E-state index in [4.69, 9.17) is 4.98 Å². The van der Waals surface area contributed by atoms with Crippen molar-refractivity contribution in [2.45, 2.75) is 37.9 Å². The lowest BCUT2D eigenvalue weighted by Crippen LogP contribution is -2.51. The van der Waals surface area contributed by atoms with Gasteiger partial charge in [0.05, 0.1) is 17.8 Å². The number of nitrogens with zero attached hydrogens (tertiary/aromatic N) is 3. The summed E-state index contributed by atoms with van der Waals surface area (Å²) in [7, 11) is 0. The molecule has 4 heterocycles. The number of thiazole rings is 1. The molecule has 27 heavy (non-hydrogen) atoms. The Morgan fingerprint density at radius 1 is 1.22 bits per heavy atom. The van der Waals surface area contributed by atoms with Crippen LogP contribution >= 0.6 is 11.3 Å². The van der Waals surface area contributed by atoms with Gasteiger partial charge < -0.3 is 15.1 Å². The van der Waals surface area contributed by atoms with E-state index in [0.29, 0.717) is 31.6 Å². The van der Waals surface area contributed by atoms with Gasteiger partial charge in [-0.1, -0.05) is 11.3 Å². The van der Waals surface area contributed by atoms with Crippen molar-refractivity contribution in [3.63, 3.8) is 0 Å². The summed E-state index contributed by atoms with van der Waals surface area (Å²) in [6, 6.07) is 4.10. The molecule has 142 valence electrons. The Labute approximate surface area is 160 Å². The van der Waals surface area contributed by atoms with E-state index in [9.17, 15) is 13.6 Å². The third-order valence-electron chi connectivity index (χ3n) is 5.77. The second-order valence-corrected chi connectivity index (χ2v) is 8.48. The van der Waals surface area contributed by atoms with Gasteiger partial charge in [-0.25, -0.2) is 13.8 Å². The number of hydrogen-bond acceptors (Lipinski definition) is 5. The zero-order valence-electron chi connectivity index (χ0n) is 14.8. The third kappa shape index (κ3) is 2.91. The zero-order valence-corrected chi connectivity index (χ0v) is 15.6. The number of carbonyl (C=O) groups excluding carboxylic acids is 1. The number of nitrogens with one attached hydrogen (secondary N) is 1. The topological polar surface area (TPSA) is 48.5 Å². The second kappa shape index (κ2) is 6.53. The van der Waals surface area contributed by atoms with Gasteiger partial charge in [0.15, 0.2) is 5.13 Å². The zero-order chi connectivity index (χ0) is 18.5. The largest absolute Gasteiger partial charge is 0.340 e. The van der Waals surface area contributed by atoms with Crippen LogP contribution in [0.3, 0.4) is 0 Å². The average Bonchev–Trinajstić information content (AvgIpc) is 3.17. The molecule has 1 N–H and O–H groups in total. The van der Waals surface area contributed by atoms with Crippen LogP contribution in [0.15, 0.2) is 18.2 Å². The quantitative estimate of drug-likeness (QED) is 0.856. The van der Waals surface area contributed by atoms with Gasteiger partial charge >= 0.3 is 0 Å². The molecular weight excluding hydrogens is 370 g/mol. The van der Waals surface area contributed by atoms with E-state index < -0.39 is 17.5 Å². The van der Waals surface area contributed by atoms with E-state index in [1.807, 2.05) is 0 Å². The van der Waals surface area contributed by atoms with Gasteiger partial charge in [-0.15, -0.1) is 0 Å². The van der Waals surface area contributed by atoms with Gasteiger partial charge in [0.2, 0.25) is 0 Å². The number of anilines is 1. The highest BCUT2D eigenvalue weighted by Gasteiger charge is 2.39. The molecule has 3 aliphatic rings. The number of fused-ring (bicyclic) bond motifs is 3. The smallest absolute Gasteiger partial charge is 0.257 e. The molecule has 1 amide bonds. The van der Waals surface area contributed by atoms with Gasteiger partial charge in [-0.3, -0.25) is 4.79 Å². The molecule has 5 nitrogen and oxygen atoms in total. The number of aromatic nitrogens is 1. The standard InChI is InChI=1S/C19H20F2N4OS/c20-11-1-4-14(15(21)7-11)18(26)24-6-5-16-17(10-24)27-19(23-16)25-12-2-3-13(25)9-22-8-12/h1,4,7,12-13,22H,2-3,5-6,8-10H2. The summed E-state index contributed by atoms with van der Waals surface area (Å²) in [5.41, 5.74) is 0.973. The molecule has 2 saturated heterocycles. The van der Waals surface area contributed by atoms with E-state index in [1.54, 1.807) is 16.2 Å². The number of amides is 1. The van der Waals surface area contributed by atoms with Crippen LogP contribution in [0.25, 0.3) is 0 Å². The summed E-state index contributed by atoms with van der Waals surface area (Å²) in [5, 5.41) is 4.53. The number of carbonyl (C=O) groups is 1. The molecule has 0 spiro atoms. The molecule has 1 aromatic carbocycles. The molecule has 2 atom stereocenters. The van der Waals surface area contributed by atoms with E-state index in [2.05, 4.69) is 10.2 Å². The molecule has 2 bridgehead atoms. The molecular formula is C19H20F2N4OS. The molecule has 1 aromatic heterocycles. The molecule has 0 aliphatic carbocycles. The van der Waals surface area contributed by atoms with Crippen LogP contribution in [0.2, 0.25) is 0 Å². The summed E-state index contributed by atoms with van der Waals surface area (Å²) >= 11 is 1.65. The third-order valence-corrected chi connectivity index (χ3v) is 6.87. The highest BCUT2D eigenvalue weighted by atomic mass is 32.1. The minimum absolute atomic E-state index is 0.0789. The van der Waals surface area contributed by atoms with E-state index in [0.717, 1.165) is 40.9 Å². The number of halogens is 2. The fraction of sp³-hybridized carbons (Fsp3) is 0.474. The number of benzene rings is 1. The monoisotopic (exact) mass is 390 g/mol. The normalized spacial score (nSPS) is 24.2. The molecule has 2 unspecified atom stereocenters. The van der Waals surface area contributed by atoms with Crippen molar-refractivity contribution in [2.24, 2.45) is 0 Å². The first-order valence-electron chi connectivity index (χ1n) is 9.32. The summed E-state index contributed by atoms with van der Waals surface area (Å²) in [6.07, 6.45) is 3.05. The van der Waals surface area contributed by atoms with Crippen LogP contribution in [0.4, 0.5) is 13.9 Å². The number of rotatable bonds is 2. The summed E-state index contributed by atoms with van der Waals surface area (Å²) in [5.74, 6) is -1.88. The first-order chi connectivity index (χ1) is 13.1. The predicted molar refractivity (Wildman–Crippen MR) is 99.1 cm³/mol. The lowest BCUT2D eigenvalue weighted by molar-refractivity contribution is 0.0731. The second-order valence-electron chi connectivity index (χ2n) is 7.42. The number of hydrogen-bond donors (Lipinski definition) is 1. The first kappa shape index (κ1) is 17.1. The summed E-state index contributed by atoms with van der Waals surface area (Å²) in [6.45, 7) is 2.93. The summed E-state index contributed by atoms with van der Waals surface area (Å²) < 4.78 is 27.1. The minimum Gasteiger partial charge on any atom is -0.340 e. The van der Waals surface area contributed by atoms with Gasteiger partial charge in [0, 0.05) is 49.1 Å². The van der Waals surface area contributed by atoms with Crippen molar-refractivity contribution in [1.82, 2.24) is 15.2 Å². The van der Waals surface area contributed by atoms with Crippen molar-refractivity contribution in [1.29, 1.82) is 0 Å². The molecule has 0 radical (unpaired) electrons. The predicted octanol–water partition coefficient (Wildman–Crippen LogP) is 2.56. The average molecular weight is 390 g/mol. The van der Waals surface area contributed by atoms with E-state index in [1.165, 1.54) is 18.9 Å². The van der Waals surface area contributed by atoms with E-state index in [-0.39, 0.29) is 5.56 Å². The number of piperazine rings is 1. The van der Waals surface area contributed by atoms with Crippen molar-refractivity contribution in [2.75, 3.05) is 24.5 Å². The highest BCUT2D eigenvalue weighted by Crippen LogP contribution is 2.38. The maximum absolute atomic E-state index is 14.0. The Kier molecular flexibility index (Phi) is 4.12. The summed E-state index contributed by atoms with van der Waals surface area (Å²) in [4.78, 5) is 22.7. The molecule has 2 fully saturated rings. The van der Waals surface area contributed by atoms with E-state index >= 15 is 0 Å². The van der Waals surface area contributed by atoms with Crippen LogP contribution in [0.1, 0.15) is 33.8 Å². The van der Waals surface area contributed by atoms with Crippen LogP contribution < -0.4 is 10.2 Å².